The van der Waals surface area contributed by atoms with Crippen molar-refractivity contribution in [1.82, 2.24) is 14.9 Å². The molecule has 0 aliphatic carbocycles. The van der Waals surface area contributed by atoms with Crippen LogP contribution in [0.4, 0.5) is 0 Å². The van der Waals surface area contributed by atoms with Gasteiger partial charge in [-0.3, -0.25) is 9.36 Å². The molecule has 8 heteroatoms. The Balaban J connectivity index is 3.16. The maximum atomic E-state index is 12.0. The molecule has 5 nitrogen and oxygen atoms in total. The lowest BCUT2D eigenvalue weighted by atomic mass is 9.95. The lowest BCUT2D eigenvalue weighted by molar-refractivity contribution is -0.129. The SMILES string of the molecule is CC(C)(C)C(=O)N[C@@H](n1cccnc1=O)C(Cl)(Cl)Cl. The number of amides is 1. The van der Waals surface area contributed by atoms with Gasteiger partial charge in [-0.2, -0.15) is 0 Å². The molecular weight excluding hydrogens is 312 g/mol. The van der Waals surface area contributed by atoms with Crippen LogP contribution < -0.4 is 11.0 Å². The van der Waals surface area contributed by atoms with E-state index >= 15 is 0 Å². The second-order valence-corrected chi connectivity index (χ2v) is 7.35. The zero-order chi connectivity index (χ0) is 14.8. The number of rotatable bonds is 2. The van der Waals surface area contributed by atoms with Crippen LogP contribution >= 0.6 is 34.8 Å². The largest absolute Gasteiger partial charge is 0.349 e. The van der Waals surface area contributed by atoms with Crippen molar-refractivity contribution in [3.63, 3.8) is 0 Å². The minimum atomic E-state index is -1.88. The Kier molecular flexibility index (Phi) is 4.87. The molecule has 0 aliphatic rings. The summed E-state index contributed by atoms with van der Waals surface area (Å²) >= 11 is 17.5. The fourth-order valence-corrected chi connectivity index (χ4v) is 1.69. The number of nitrogens with zero attached hydrogens (tertiary/aromatic N) is 2. The second-order valence-electron chi connectivity index (χ2n) is 4.98. The van der Waals surface area contributed by atoms with Crippen LogP contribution in [0.5, 0.6) is 0 Å². The Morgan fingerprint density at radius 3 is 2.37 bits per heavy atom. The van der Waals surface area contributed by atoms with Gasteiger partial charge in [0.1, 0.15) is 0 Å². The number of aromatic nitrogens is 2. The summed E-state index contributed by atoms with van der Waals surface area (Å²) in [5.41, 5.74) is -1.30. The van der Waals surface area contributed by atoms with Crippen molar-refractivity contribution in [2.45, 2.75) is 30.7 Å². The first-order valence-corrected chi connectivity index (χ1v) is 6.57. The molecule has 0 radical (unpaired) electrons. The molecule has 1 aromatic rings. The molecule has 0 spiro atoms. The highest BCUT2D eigenvalue weighted by Gasteiger charge is 2.38. The first-order valence-electron chi connectivity index (χ1n) is 5.44. The van der Waals surface area contributed by atoms with Gasteiger partial charge in [0, 0.05) is 17.8 Å². The molecule has 0 aliphatic heterocycles. The Hall–Kier alpha value is -0.780. The lowest BCUT2D eigenvalue weighted by Gasteiger charge is -2.29. The fraction of sp³-hybridized carbons (Fsp3) is 0.545. The van der Waals surface area contributed by atoms with E-state index in [2.05, 4.69) is 10.3 Å². The molecule has 0 aromatic carbocycles. The molecule has 1 rings (SSSR count). The standard InChI is InChI=1S/C11H14Cl3N3O2/c1-10(2,3)8(18)16-7(11(12,13)14)17-6-4-5-15-9(17)19/h4-7H,1-3H3,(H,16,18)/t7-/m0/s1. The molecule has 0 unspecified atom stereocenters. The molecule has 0 fully saturated rings. The predicted molar refractivity (Wildman–Crippen MR) is 75.4 cm³/mol. The van der Waals surface area contributed by atoms with E-state index < -0.39 is 21.1 Å². The van der Waals surface area contributed by atoms with Crippen molar-refractivity contribution in [2.24, 2.45) is 5.41 Å². The van der Waals surface area contributed by atoms with Gasteiger partial charge in [0.2, 0.25) is 9.70 Å². The highest BCUT2D eigenvalue weighted by Crippen LogP contribution is 2.36. The van der Waals surface area contributed by atoms with Crippen LogP contribution in [-0.4, -0.2) is 19.3 Å². The minimum absolute atomic E-state index is 0.348. The van der Waals surface area contributed by atoms with Gasteiger partial charge in [-0.15, -0.1) is 0 Å². The van der Waals surface area contributed by atoms with Crippen LogP contribution in [0.25, 0.3) is 0 Å². The number of carbonyl (C=O) groups is 1. The zero-order valence-corrected chi connectivity index (χ0v) is 12.9. The third-order valence-corrected chi connectivity index (χ3v) is 2.90. The van der Waals surface area contributed by atoms with Crippen LogP contribution in [-0.2, 0) is 4.79 Å². The zero-order valence-electron chi connectivity index (χ0n) is 10.7. The minimum Gasteiger partial charge on any atom is -0.331 e. The van der Waals surface area contributed by atoms with Gasteiger partial charge in [0.25, 0.3) is 0 Å². The summed E-state index contributed by atoms with van der Waals surface area (Å²) in [5, 5.41) is 2.54. The van der Waals surface area contributed by atoms with E-state index in [1.807, 2.05) is 0 Å². The molecule has 0 bridgehead atoms. The summed E-state index contributed by atoms with van der Waals surface area (Å²) in [5.74, 6) is -0.348. The normalized spacial score (nSPS) is 14.0. The summed E-state index contributed by atoms with van der Waals surface area (Å²) < 4.78 is -0.815. The van der Waals surface area contributed by atoms with Gasteiger partial charge < -0.3 is 5.32 Å². The Labute approximate surface area is 125 Å². The van der Waals surface area contributed by atoms with E-state index in [1.54, 1.807) is 20.8 Å². The van der Waals surface area contributed by atoms with Crippen molar-refractivity contribution in [3.8, 4) is 0 Å². The van der Waals surface area contributed by atoms with E-state index in [0.717, 1.165) is 4.57 Å². The highest BCUT2D eigenvalue weighted by atomic mass is 35.6. The fourth-order valence-electron chi connectivity index (χ4n) is 1.21. The third-order valence-electron chi connectivity index (χ3n) is 2.28. The van der Waals surface area contributed by atoms with Crippen molar-refractivity contribution in [1.29, 1.82) is 0 Å². The van der Waals surface area contributed by atoms with Gasteiger partial charge in [-0.25, -0.2) is 9.78 Å². The van der Waals surface area contributed by atoms with Crippen molar-refractivity contribution < 1.29 is 4.79 Å². The van der Waals surface area contributed by atoms with Crippen LogP contribution in [0.1, 0.15) is 26.9 Å². The number of hydrogen-bond donors (Lipinski definition) is 1. The molecule has 1 heterocycles. The van der Waals surface area contributed by atoms with Gasteiger partial charge in [0.15, 0.2) is 6.17 Å². The number of carbonyl (C=O) groups excluding carboxylic acids is 1. The monoisotopic (exact) mass is 325 g/mol. The number of hydrogen-bond acceptors (Lipinski definition) is 3. The van der Waals surface area contributed by atoms with E-state index in [9.17, 15) is 9.59 Å². The average molecular weight is 327 g/mol. The number of nitrogens with one attached hydrogen (secondary N) is 1. The van der Waals surface area contributed by atoms with Crippen LogP contribution in [0.3, 0.4) is 0 Å². The smallest absolute Gasteiger partial charge is 0.331 e. The van der Waals surface area contributed by atoms with Crippen molar-refractivity contribution in [3.05, 3.63) is 28.9 Å². The third kappa shape index (κ3) is 4.37. The first kappa shape index (κ1) is 16.3. The van der Waals surface area contributed by atoms with Gasteiger partial charge in [-0.05, 0) is 6.07 Å². The van der Waals surface area contributed by atoms with E-state index in [4.69, 9.17) is 34.8 Å². The Bertz CT molecular complexity index is 517. The molecule has 1 amide bonds. The van der Waals surface area contributed by atoms with Gasteiger partial charge in [-0.1, -0.05) is 55.6 Å². The van der Waals surface area contributed by atoms with E-state index in [-0.39, 0.29) is 5.91 Å². The molecule has 1 N–H and O–H groups in total. The molecule has 0 saturated carbocycles. The maximum absolute atomic E-state index is 12.0. The summed E-state index contributed by atoms with van der Waals surface area (Å²) in [7, 11) is 0. The van der Waals surface area contributed by atoms with Crippen molar-refractivity contribution in [2.75, 3.05) is 0 Å². The lowest BCUT2D eigenvalue weighted by Crippen LogP contribution is -2.48. The molecule has 1 aromatic heterocycles. The van der Waals surface area contributed by atoms with Gasteiger partial charge in [0.05, 0.1) is 0 Å². The Morgan fingerprint density at radius 2 is 1.95 bits per heavy atom. The highest BCUT2D eigenvalue weighted by molar-refractivity contribution is 6.67. The molecule has 0 saturated heterocycles. The average Bonchev–Trinajstić information content (AvgIpc) is 2.24. The summed E-state index contributed by atoms with van der Waals surface area (Å²) in [6.07, 6.45) is 1.58. The number of halogens is 3. The summed E-state index contributed by atoms with van der Waals surface area (Å²) in [4.78, 5) is 27.2. The van der Waals surface area contributed by atoms with Crippen LogP contribution in [0, 0.1) is 5.41 Å². The second kappa shape index (κ2) is 5.69. The molecule has 106 valence electrons. The van der Waals surface area contributed by atoms with E-state index in [0.29, 0.717) is 0 Å². The predicted octanol–water partition coefficient (Wildman–Crippen LogP) is 2.27. The molecule has 1 atom stereocenters. The summed E-state index contributed by atoms with van der Waals surface area (Å²) in [6.45, 7) is 5.14. The topological polar surface area (TPSA) is 64.0 Å². The molecular formula is C11H14Cl3N3O2. The quantitative estimate of drug-likeness (QED) is 0.848. The van der Waals surface area contributed by atoms with Crippen molar-refractivity contribution >= 4 is 40.7 Å². The Morgan fingerprint density at radius 1 is 1.37 bits per heavy atom. The maximum Gasteiger partial charge on any atom is 0.349 e. The summed E-state index contributed by atoms with van der Waals surface area (Å²) in [6, 6.07) is 1.51. The van der Waals surface area contributed by atoms with Crippen LogP contribution in [0.2, 0.25) is 0 Å². The van der Waals surface area contributed by atoms with E-state index in [1.165, 1.54) is 18.5 Å². The van der Waals surface area contributed by atoms with Crippen LogP contribution in [0.15, 0.2) is 23.3 Å². The first-order chi connectivity index (χ1) is 8.53. The molecule has 19 heavy (non-hydrogen) atoms. The number of alkyl halides is 3. The van der Waals surface area contributed by atoms with Gasteiger partial charge >= 0.3 is 5.69 Å².